The minimum Gasteiger partial charge on any atom is -0.461 e. The number of hydrogen-bond donors (Lipinski definition) is 1. The molecule has 1 fully saturated rings. The zero-order valence-electron chi connectivity index (χ0n) is 32.5. The molecule has 284 valence electrons. The number of unbranched alkanes of at least 4 members (excludes halogenated alkanes) is 1. The van der Waals surface area contributed by atoms with Crippen LogP contribution in [-0.4, -0.2) is 102 Å². The number of terminal acetylenes is 1. The van der Waals surface area contributed by atoms with Crippen molar-refractivity contribution in [2.24, 2.45) is 11.8 Å². The highest BCUT2D eigenvalue weighted by molar-refractivity contribution is 7.09. The number of thiazole rings is 1. The summed E-state index contributed by atoms with van der Waals surface area (Å²) in [6.45, 7) is 25.2. The van der Waals surface area contributed by atoms with E-state index < -0.39 is 38.1 Å². The lowest BCUT2D eigenvalue weighted by atomic mass is 9.91. The van der Waals surface area contributed by atoms with Crippen molar-refractivity contribution in [2.45, 2.75) is 143 Å². The number of hydrogen-bond acceptors (Lipinski definition) is 10. The Morgan fingerprint density at radius 1 is 1.24 bits per heavy atom. The van der Waals surface area contributed by atoms with E-state index in [1.165, 1.54) is 5.06 Å². The first kappa shape index (κ1) is 43.8. The van der Waals surface area contributed by atoms with Crippen LogP contribution in [0, 0.1) is 24.2 Å². The molecule has 1 aromatic heterocycles. The number of rotatable bonds is 21. The van der Waals surface area contributed by atoms with Gasteiger partial charge in [-0.3, -0.25) is 19.3 Å². The van der Waals surface area contributed by atoms with Gasteiger partial charge in [0.1, 0.15) is 17.2 Å². The number of carbonyl (C=O) groups excluding carboxylic acids is 3. The molecule has 2 amide bonds. The number of hydroxylamine groups is 2. The number of aromatic nitrogens is 1. The third kappa shape index (κ3) is 11.1. The van der Waals surface area contributed by atoms with Gasteiger partial charge in [-0.15, -0.1) is 23.7 Å². The number of amides is 2. The van der Waals surface area contributed by atoms with E-state index in [-0.39, 0.29) is 48.1 Å². The maximum Gasteiger partial charge on any atom is 0.357 e. The Morgan fingerprint density at radius 3 is 2.48 bits per heavy atom. The van der Waals surface area contributed by atoms with Crippen molar-refractivity contribution in [3.8, 4) is 12.3 Å². The second-order valence-corrected chi connectivity index (χ2v) is 21.1. The molecule has 50 heavy (non-hydrogen) atoms. The van der Waals surface area contributed by atoms with Crippen LogP contribution in [0.15, 0.2) is 5.38 Å². The van der Waals surface area contributed by atoms with Crippen LogP contribution in [0.4, 0.5) is 0 Å². The zero-order valence-corrected chi connectivity index (χ0v) is 34.3. The molecule has 5 atom stereocenters. The lowest BCUT2D eigenvalue weighted by Crippen LogP contribution is -2.65. The fraction of sp³-hybridized carbons (Fsp3) is 0.784. The van der Waals surface area contributed by atoms with E-state index in [4.69, 9.17) is 20.4 Å². The second kappa shape index (κ2) is 19.5. The minimum atomic E-state index is -1.97. The topological polar surface area (TPSA) is 122 Å². The SMILES string of the molecule is C#CCCCON(C(=O)[C@H]([C@@H](C)CC)N(C=O)[C@]1(C)CCCN1CCO[Si](C)(C)C(C)(C)C)[C@H](C[C@@H](O)c1nc(C(=O)OCC)cs1)C(C)C. The summed E-state index contributed by atoms with van der Waals surface area (Å²) in [4.78, 5) is 55.0. The van der Waals surface area contributed by atoms with Crippen molar-refractivity contribution in [3.05, 3.63) is 16.1 Å². The lowest BCUT2D eigenvalue weighted by Gasteiger charge is -2.49. The van der Waals surface area contributed by atoms with Crippen molar-refractivity contribution in [2.75, 3.05) is 32.9 Å². The Bertz CT molecular complexity index is 1280. The van der Waals surface area contributed by atoms with Gasteiger partial charge in [-0.05, 0) is 63.1 Å². The first-order chi connectivity index (χ1) is 23.4. The number of nitrogens with zero attached hydrogens (tertiary/aromatic N) is 4. The predicted molar refractivity (Wildman–Crippen MR) is 201 cm³/mol. The maximum absolute atomic E-state index is 15.0. The van der Waals surface area contributed by atoms with Gasteiger partial charge in [-0.25, -0.2) is 14.8 Å². The van der Waals surface area contributed by atoms with E-state index in [0.29, 0.717) is 43.8 Å². The van der Waals surface area contributed by atoms with Crippen LogP contribution in [0.5, 0.6) is 0 Å². The second-order valence-electron chi connectivity index (χ2n) is 15.4. The number of aliphatic hydroxyl groups is 1. The Labute approximate surface area is 306 Å². The van der Waals surface area contributed by atoms with Crippen LogP contribution in [0.2, 0.25) is 18.1 Å². The molecule has 1 saturated heterocycles. The van der Waals surface area contributed by atoms with Gasteiger partial charge in [0.05, 0.1) is 24.9 Å². The Morgan fingerprint density at radius 2 is 1.92 bits per heavy atom. The summed E-state index contributed by atoms with van der Waals surface area (Å²) in [5, 5.41) is 14.8. The molecular formula is C37H64N4O7SSi. The minimum absolute atomic E-state index is 0.0805. The summed E-state index contributed by atoms with van der Waals surface area (Å²) in [5.41, 5.74) is -0.581. The van der Waals surface area contributed by atoms with Crippen molar-refractivity contribution in [3.63, 3.8) is 0 Å². The van der Waals surface area contributed by atoms with E-state index >= 15 is 0 Å². The van der Waals surface area contributed by atoms with Crippen LogP contribution < -0.4 is 0 Å². The van der Waals surface area contributed by atoms with Crippen LogP contribution in [-0.2, 0) is 23.6 Å². The standard InChI is InChI=1S/C37H64N4O7SSi/c1-13-16-17-22-47-41(30(27(4)5)24-31(43)33-38-29(25-49-33)35(45)46-15-3)34(44)32(28(6)14-2)40(26-42)37(10)19-18-20-39(37)21-23-48-50(11,12)36(7,8)9/h1,25-28,30-32,43H,14-24H2,2-12H3/t28-,30+,31+,32-,37+/m0/s1. The molecule has 0 bridgehead atoms. The molecule has 13 heteroatoms. The van der Waals surface area contributed by atoms with Crippen molar-refractivity contribution in [1.29, 1.82) is 0 Å². The number of likely N-dealkylation sites (tertiary alicyclic amines) is 1. The average Bonchev–Trinajstić information content (AvgIpc) is 3.69. The van der Waals surface area contributed by atoms with Gasteiger partial charge in [0.25, 0.3) is 5.91 Å². The molecule has 0 unspecified atom stereocenters. The Balaban J connectivity index is 2.47. The van der Waals surface area contributed by atoms with Crippen molar-refractivity contribution >= 4 is 37.9 Å². The fourth-order valence-electron chi connectivity index (χ4n) is 6.11. The highest BCUT2D eigenvalue weighted by Crippen LogP contribution is 2.39. The zero-order chi connectivity index (χ0) is 37.9. The predicted octanol–water partition coefficient (Wildman–Crippen LogP) is 6.65. The molecule has 1 aromatic rings. The number of carbonyl (C=O) groups is 3. The molecule has 0 saturated carbocycles. The molecule has 2 heterocycles. The maximum atomic E-state index is 15.0. The summed E-state index contributed by atoms with van der Waals surface area (Å²) in [5.74, 6) is 1.39. The first-order valence-electron chi connectivity index (χ1n) is 18.2. The van der Waals surface area contributed by atoms with Gasteiger partial charge in [-0.1, -0.05) is 54.9 Å². The van der Waals surface area contributed by atoms with E-state index in [0.717, 1.165) is 30.7 Å². The van der Waals surface area contributed by atoms with Crippen LogP contribution in [0.25, 0.3) is 0 Å². The number of esters is 1. The molecule has 1 N–H and O–H groups in total. The summed E-state index contributed by atoms with van der Waals surface area (Å²) >= 11 is 1.16. The normalized spacial score (nSPS) is 19.4. The van der Waals surface area contributed by atoms with Crippen molar-refractivity contribution in [1.82, 2.24) is 19.8 Å². The van der Waals surface area contributed by atoms with Gasteiger partial charge < -0.3 is 19.2 Å². The third-order valence-electron chi connectivity index (χ3n) is 10.5. The summed E-state index contributed by atoms with van der Waals surface area (Å²) in [7, 11) is -1.97. The molecule has 0 spiro atoms. The van der Waals surface area contributed by atoms with Crippen LogP contribution >= 0.6 is 11.3 Å². The highest BCUT2D eigenvalue weighted by atomic mass is 32.1. The first-order valence-corrected chi connectivity index (χ1v) is 22.0. The Kier molecular flexibility index (Phi) is 17.1. The van der Waals surface area contributed by atoms with Gasteiger partial charge in [0.2, 0.25) is 6.41 Å². The summed E-state index contributed by atoms with van der Waals surface area (Å²) in [6, 6.07) is -1.41. The number of aliphatic hydroxyl groups excluding tert-OH is 1. The highest BCUT2D eigenvalue weighted by Gasteiger charge is 2.49. The van der Waals surface area contributed by atoms with Crippen LogP contribution in [0.3, 0.4) is 0 Å². The van der Waals surface area contributed by atoms with E-state index in [9.17, 15) is 19.5 Å². The van der Waals surface area contributed by atoms with E-state index in [2.05, 4.69) is 56.6 Å². The monoisotopic (exact) mass is 736 g/mol. The smallest absolute Gasteiger partial charge is 0.357 e. The molecule has 0 aliphatic carbocycles. The largest absolute Gasteiger partial charge is 0.461 e. The third-order valence-corrected chi connectivity index (χ3v) is 16.0. The quantitative estimate of drug-likeness (QED) is 0.0369. The molecule has 2 rings (SSSR count). The lowest BCUT2D eigenvalue weighted by molar-refractivity contribution is -0.218. The molecule has 0 radical (unpaired) electrons. The van der Waals surface area contributed by atoms with Gasteiger partial charge >= 0.3 is 5.97 Å². The average molecular weight is 737 g/mol. The van der Waals surface area contributed by atoms with Crippen molar-refractivity contribution < 1.29 is 33.5 Å². The molecule has 1 aliphatic heterocycles. The van der Waals surface area contributed by atoms with E-state index in [1.807, 2.05) is 27.7 Å². The van der Waals surface area contributed by atoms with Gasteiger partial charge in [-0.2, -0.15) is 0 Å². The fourth-order valence-corrected chi connectivity index (χ4v) is 7.93. The summed E-state index contributed by atoms with van der Waals surface area (Å²) < 4.78 is 11.6. The van der Waals surface area contributed by atoms with Gasteiger partial charge in [0, 0.05) is 37.9 Å². The summed E-state index contributed by atoms with van der Waals surface area (Å²) in [6.07, 6.45) is 8.64. The molecular weight excluding hydrogens is 673 g/mol. The molecule has 0 aromatic carbocycles. The molecule has 11 nitrogen and oxygen atoms in total. The number of ether oxygens (including phenoxy) is 1. The van der Waals surface area contributed by atoms with Gasteiger partial charge in [0.15, 0.2) is 14.0 Å². The van der Waals surface area contributed by atoms with Crippen LogP contribution in [0.1, 0.15) is 122 Å². The Hall–Kier alpha value is -2.34. The molecule has 1 aliphatic rings. The van der Waals surface area contributed by atoms with E-state index in [1.54, 1.807) is 17.2 Å².